The van der Waals surface area contributed by atoms with Crippen molar-refractivity contribution in [2.75, 3.05) is 13.2 Å². The molecule has 0 saturated carbocycles. The van der Waals surface area contributed by atoms with Crippen molar-refractivity contribution in [2.24, 2.45) is 5.41 Å². The highest BCUT2D eigenvalue weighted by molar-refractivity contribution is 6.31. The number of halogens is 1. The van der Waals surface area contributed by atoms with Gasteiger partial charge in [0.1, 0.15) is 5.75 Å². The number of carbonyl (C=O) groups excluding carboxylic acids is 1. The average Bonchev–Trinajstić information content (AvgIpc) is 2.30. The summed E-state index contributed by atoms with van der Waals surface area (Å²) < 4.78 is 0. The molecule has 0 saturated heterocycles. The van der Waals surface area contributed by atoms with E-state index in [1.54, 1.807) is 6.07 Å². The van der Waals surface area contributed by atoms with Crippen molar-refractivity contribution in [3.63, 3.8) is 0 Å². The van der Waals surface area contributed by atoms with Gasteiger partial charge in [-0.2, -0.15) is 0 Å². The van der Waals surface area contributed by atoms with Gasteiger partial charge in [-0.15, -0.1) is 0 Å². The van der Waals surface area contributed by atoms with E-state index in [2.05, 4.69) is 5.32 Å². The molecule has 1 aromatic carbocycles. The summed E-state index contributed by atoms with van der Waals surface area (Å²) >= 11 is 5.94. The lowest BCUT2D eigenvalue weighted by molar-refractivity contribution is -0.120. The molecule has 0 aliphatic carbocycles. The summed E-state index contributed by atoms with van der Waals surface area (Å²) in [5.74, 6) is -0.0446. The number of aliphatic hydroxyl groups is 1. The molecule has 0 radical (unpaired) electrons. The van der Waals surface area contributed by atoms with Gasteiger partial charge in [0, 0.05) is 18.2 Å². The first-order valence-corrected chi connectivity index (χ1v) is 6.57. The maximum Gasteiger partial charge on any atom is 0.224 e. The number of aromatic hydroxyl groups is 1. The van der Waals surface area contributed by atoms with Crippen LogP contribution in [0.25, 0.3) is 0 Å². The van der Waals surface area contributed by atoms with Crippen molar-refractivity contribution >= 4 is 17.5 Å². The van der Waals surface area contributed by atoms with Gasteiger partial charge in [0.2, 0.25) is 5.91 Å². The number of rotatable bonds is 6. The van der Waals surface area contributed by atoms with Crippen molar-refractivity contribution in [2.45, 2.75) is 26.7 Å². The van der Waals surface area contributed by atoms with Gasteiger partial charge in [-0.3, -0.25) is 4.79 Å². The van der Waals surface area contributed by atoms with Crippen LogP contribution < -0.4 is 5.32 Å². The molecule has 3 N–H and O–H groups in total. The number of phenolic OH excluding ortho intramolecular Hbond substituents is 1. The Balaban J connectivity index is 2.52. The fourth-order valence-electron chi connectivity index (χ4n) is 1.64. The predicted octanol–water partition coefficient (Wildman–Crippen LogP) is 2.11. The molecule has 0 atom stereocenters. The SMILES string of the molecule is CC(C)(CCO)CNC(=O)Cc1ccc(O)cc1Cl. The lowest BCUT2D eigenvalue weighted by Gasteiger charge is -2.23. The van der Waals surface area contributed by atoms with Crippen LogP contribution in [0.1, 0.15) is 25.8 Å². The number of hydrogen-bond donors (Lipinski definition) is 3. The summed E-state index contributed by atoms with van der Waals surface area (Å²) in [7, 11) is 0. The molecule has 0 heterocycles. The number of benzene rings is 1. The molecule has 0 aliphatic rings. The van der Waals surface area contributed by atoms with E-state index in [4.69, 9.17) is 16.7 Å². The minimum Gasteiger partial charge on any atom is -0.508 e. The van der Waals surface area contributed by atoms with Gasteiger partial charge in [-0.05, 0) is 29.5 Å². The van der Waals surface area contributed by atoms with Crippen LogP contribution in [-0.2, 0) is 11.2 Å². The minimum absolute atomic E-state index is 0.0817. The van der Waals surface area contributed by atoms with E-state index < -0.39 is 0 Å². The molecular formula is C14H20ClNO3. The molecule has 0 unspecified atom stereocenters. The zero-order valence-corrected chi connectivity index (χ0v) is 12.0. The second kappa shape index (κ2) is 6.78. The largest absolute Gasteiger partial charge is 0.508 e. The van der Waals surface area contributed by atoms with E-state index in [0.29, 0.717) is 23.6 Å². The van der Waals surface area contributed by atoms with Crippen LogP contribution in [0.3, 0.4) is 0 Å². The summed E-state index contributed by atoms with van der Waals surface area (Å²) in [5, 5.41) is 21.3. The first kappa shape index (κ1) is 15.8. The van der Waals surface area contributed by atoms with Crippen molar-refractivity contribution in [3.8, 4) is 5.75 Å². The highest BCUT2D eigenvalue weighted by Crippen LogP contribution is 2.22. The van der Waals surface area contributed by atoms with Crippen LogP contribution in [-0.4, -0.2) is 29.3 Å². The van der Waals surface area contributed by atoms with Crippen molar-refractivity contribution in [3.05, 3.63) is 28.8 Å². The quantitative estimate of drug-likeness (QED) is 0.750. The Kier molecular flexibility index (Phi) is 5.63. The van der Waals surface area contributed by atoms with Gasteiger partial charge in [0.15, 0.2) is 0 Å². The first-order valence-electron chi connectivity index (χ1n) is 6.19. The number of carbonyl (C=O) groups is 1. The molecule has 1 aromatic rings. The Labute approximate surface area is 118 Å². The highest BCUT2D eigenvalue weighted by atomic mass is 35.5. The third kappa shape index (κ3) is 5.49. The third-order valence-corrected chi connectivity index (χ3v) is 3.29. The van der Waals surface area contributed by atoms with Crippen molar-refractivity contribution in [1.29, 1.82) is 0 Å². The molecule has 106 valence electrons. The Hall–Kier alpha value is -1.26. The topological polar surface area (TPSA) is 69.6 Å². The molecule has 4 nitrogen and oxygen atoms in total. The number of hydrogen-bond acceptors (Lipinski definition) is 3. The highest BCUT2D eigenvalue weighted by Gasteiger charge is 2.18. The number of phenols is 1. The van der Waals surface area contributed by atoms with E-state index in [-0.39, 0.29) is 30.1 Å². The van der Waals surface area contributed by atoms with E-state index in [1.165, 1.54) is 12.1 Å². The smallest absolute Gasteiger partial charge is 0.224 e. The molecule has 0 fully saturated rings. The fraction of sp³-hybridized carbons (Fsp3) is 0.500. The molecule has 0 bridgehead atoms. The fourth-order valence-corrected chi connectivity index (χ4v) is 1.89. The van der Waals surface area contributed by atoms with Gasteiger partial charge in [-0.1, -0.05) is 31.5 Å². The lowest BCUT2D eigenvalue weighted by Crippen LogP contribution is -2.35. The summed E-state index contributed by atoms with van der Waals surface area (Å²) in [6.45, 7) is 4.57. The predicted molar refractivity (Wildman–Crippen MR) is 75.3 cm³/mol. The summed E-state index contributed by atoms with van der Waals surface area (Å²) in [5.41, 5.74) is 0.542. The third-order valence-electron chi connectivity index (χ3n) is 2.94. The summed E-state index contributed by atoms with van der Waals surface area (Å²) in [6, 6.07) is 4.56. The van der Waals surface area contributed by atoms with Crippen molar-refractivity contribution < 1.29 is 15.0 Å². The van der Waals surface area contributed by atoms with Gasteiger partial charge in [0.05, 0.1) is 6.42 Å². The Bertz CT molecular complexity index is 446. The Morgan fingerprint density at radius 2 is 2.11 bits per heavy atom. The zero-order valence-electron chi connectivity index (χ0n) is 11.2. The molecule has 0 aliphatic heterocycles. The van der Waals surface area contributed by atoms with E-state index in [0.717, 1.165) is 0 Å². The normalized spacial score (nSPS) is 11.4. The number of aliphatic hydroxyl groups excluding tert-OH is 1. The van der Waals surface area contributed by atoms with Crippen LogP contribution in [0.2, 0.25) is 5.02 Å². The van der Waals surface area contributed by atoms with Crippen LogP contribution in [0.5, 0.6) is 5.75 Å². The maximum atomic E-state index is 11.8. The summed E-state index contributed by atoms with van der Waals surface area (Å²) in [6.07, 6.45) is 0.807. The molecular weight excluding hydrogens is 266 g/mol. The lowest BCUT2D eigenvalue weighted by atomic mass is 9.89. The maximum absolute atomic E-state index is 11.8. The molecule has 1 amide bonds. The second-order valence-corrected chi connectivity index (χ2v) is 5.77. The molecule has 19 heavy (non-hydrogen) atoms. The van der Waals surface area contributed by atoms with Gasteiger partial charge >= 0.3 is 0 Å². The number of nitrogens with one attached hydrogen (secondary N) is 1. The van der Waals surface area contributed by atoms with Crippen LogP contribution in [0.15, 0.2) is 18.2 Å². The number of amides is 1. The molecule has 0 spiro atoms. The first-order chi connectivity index (χ1) is 8.84. The van der Waals surface area contributed by atoms with Crippen molar-refractivity contribution in [1.82, 2.24) is 5.32 Å². The van der Waals surface area contributed by atoms with E-state index in [1.807, 2.05) is 13.8 Å². The van der Waals surface area contributed by atoms with Gasteiger partial charge in [0.25, 0.3) is 0 Å². The molecule has 5 heteroatoms. The molecule has 0 aromatic heterocycles. The monoisotopic (exact) mass is 285 g/mol. The zero-order chi connectivity index (χ0) is 14.5. The standard InChI is InChI=1S/C14H20ClNO3/c1-14(2,5-6-17)9-16-13(19)7-10-3-4-11(18)8-12(10)15/h3-4,8,17-18H,5-7,9H2,1-2H3,(H,16,19). The summed E-state index contributed by atoms with van der Waals surface area (Å²) in [4.78, 5) is 11.8. The minimum atomic E-state index is -0.136. The average molecular weight is 286 g/mol. The van der Waals surface area contributed by atoms with E-state index >= 15 is 0 Å². The van der Waals surface area contributed by atoms with Crippen LogP contribution in [0, 0.1) is 5.41 Å². The molecule has 1 rings (SSSR count). The Morgan fingerprint density at radius 3 is 2.68 bits per heavy atom. The second-order valence-electron chi connectivity index (χ2n) is 5.37. The van der Waals surface area contributed by atoms with Crippen LogP contribution >= 0.6 is 11.6 Å². The van der Waals surface area contributed by atoms with E-state index in [9.17, 15) is 9.90 Å². The van der Waals surface area contributed by atoms with Crippen LogP contribution in [0.4, 0.5) is 0 Å². The Morgan fingerprint density at radius 1 is 1.42 bits per heavy atom. The van der Waals surface area contributed by atoms with Gasteiger partial charge in [-0.25, -0.2) is 0 Å². The van der Waals surface area contributed by atoms with Gasteiger partial charge < -0.3 is 15.5 Å².